The minimum atomic E-state index is 0.373. The second-order valence-electron chi connectivity index (χ2n) is 7.80. The summed E-state index contributed by atoms with van der Waals surface area (Å²) in [5, 5.41) is 6.99. The van der Waals surface area contributed by atoms with Crippen LogP contribution in [0.25, 0.3) is 0 Å². The van der Waals surface area contributed by atoms with Crippen LogP contribution in [-0.2, 0) is 11.2 Å². The molecule has 0 radical (unpaired) electrons. The molecule has 6 nitrogen and oxygen atoms in total. The molecule has 2 aromatic rings. The highest BCUT2D eigenvalue weighted by Gasteiger charge is 2.25. The van der Waals surface area contributed by atoms with Crippen molar-refractivity contribution in [1.82, 2.24) is 10.6 Å². The van der Waals surface area contributed by atoms with Gasteiger partial charge in [-0.3, -0.25) is 4.99 Å². The van der Waals surface area contributed by atoms with Crippen molar-refractivity contribution in [3.8, 4) is 5.75 Å². The number of methoxy groups -OCH3 is 1. The van der Waals surface area contributed by atoms with Crippen LogP contribution in [0.3, 0.4) is 0 Å². The fourth-order valence-corrected chi connectivity index (χ4v) is 3.85. The predicted octanol–water partition coefficient (Wildman–Crippen LogP) is 3.48. The van der Waals surface area contributed by atoms with Gasteiger partial charge in [-0.1, -0.05) is 42.5 Å². The highest BCUT2D eigenvalue weighted by molar-refractivity contribution is 5.80. The number of guanidine groups is 1. The van der Waals surface area contributed by atoms with Gasteiger partial charge in [0, 0.05) is 39.3 Å². The molecule has 0 saturated carbocycles. The van der Waals surface area contributed by atoms with E-state index >= 15 is 0 Å². The molecule has 1 saturated heterocycles. The van der Waals surface area contributed by atoms with Gasteiger partial charge in [0.25, 0.3) is 0 Å². The molecule has 0 aromatic heterocycles. The number of aliphatic imine (C=N–C) groups is 1. The number of hydrogen-bond donors (Lipinski definition) is 2. The average molecular weight is 425 g/mol. The largest absolute Gasteiger partial charge is 0.495 e. The molecule has 1 aliphatic rings. The minimum Gasteiger partial charge on any atom is -0.495 e. The maximum Gasteiger partial charge on any atom is 0.191 e. The summed E-state index contributed by atoms with van der Waals surface area (Å²) >= 11 is 0. The van der Waals surface area contributed by atoms with E-state index in [9.17, 15) is 0 Å². The SMILES string of the molecule is CN=C(NCCCCOCCc1ccccc1)NC1CCN(c2ccccc2OC)C1. The van der Waals surface area contributed by atoms with Gasteiger partial charge >= 0.3 is 0 Å². The summed E-state index contributed by atoms with van der Waals surface area (Å²) in [7, 11) is 3.56. The van der Waals surface area contributed by atoms with Crippen LogP contribution in [0.4, 0.5) is 5.69 Å². The zero-order chi connectivity index (χ0) is 21.7. The molecule has 1 aliphatic heterocycles. The second-order valence-corrected chi connectivity index (χ2v) is 7.80. The van der Waals surface area contributed by atoms with Crippen molar-refractivity contribution in [3.63, 3.8) is 0 Å². The van der Waals surface area contributed by atoms with Gasteiger partial charge in [0.2, 0.25) is 0 Å². The molecule has 2 N–H and O–H groups in total. The number of para-hydroxylation sites is 2. The molecule has 0 spiro atoms. The van der Waals surface area contributed by atoms with Gasteiger partial charge in [0.15, 0.2) is 5.96 Å². The molecule has 0 bridgehead atoms. The Bertz CT molecular complexity index is 797. The first kappa shape index (κ1) is 22.9. The van der Waals surface area contributed by atoms with Crippen LogP contribution in [0.5, 0.6) is 5.75 Å². The first-order valence-corrected chi connectivity index (χ1v) is 11.3. The summed E-state index contributed by atoms with van der Waals surface area (Å²) in [5.74, 6) is 1.80. The van der Waals surface area contributed by atoms with E-state index in [1.165, 1.54) is 5.56 Å². The van der Waals surface area contributed by atoms with Gasteiger partial charge in [-0.25, -0.2) is 0 Å². The van der Waals surface area contributed by atoms with Crippen molar-refractivity contribution < 1.29 is 9.47 Å². The van der Waals surface area contributed by atoms with E-state index in [1.54, 1.807) is 7.11 Å². The van der Waals surface area contributed by atoms with Crippen LogP contribution in [0.15, 0.2) is 59.6 Å². The van der Waals surface area contributed by atoms with Crippen LogP contribution >= 0.6 is 0 Å². The van der Waals surface area contributed by atoms with Gasteiger partial charge in [0.05, 0.1) is 19.4 Å². The summed E-state index contributed by atoms with van der Waals surface area (Å²) in [4.78, 5) is 6.76. The Morgan fingerprint density at radius 1 is 1.06 bits per heavy atom. The third kappa shape index (κ3) is 7.47. The summed E-state index contributed by atoms with van der Waals surface area (Å²) in [6, 6.07) is 19.1. The quantitative estimate of drug-likeness (QED) is 0.329. The van der Waals surface area contributed by atoms with Crippen molar-refractivity contribution >= 4 is 11.6 Å². The van der Waals surface area contributed by atoms with Crippen LogP contribution in [0.2, 0.25) is 0 Å². The van der Waals surface area contributed by atoms with Crippen molar-refractivity contribution in [3.05, 3.63) is 60.2 Å². The zero-order valence-corrected chi connectivity index (χ0v) is 18.8. The number of rotatable bonds is 11. The summed E-state index contributed by atoms with van der Waals surface area (Å²) in [5.41, 5.74) is 2.49. The molecule has 1 heterocycles. The molecule has 3 rings (SSSR count). The van der Waals surface area contributed by atoms with Crippen molar-refractivity contribution in [1.29, 1.82) is 0 Å². The molecule has 2 aromatic carbocycles. The first-order chi connectivity index (χ1) is 15.3. The van der Waals surface area contributed by atoms with Crippen LogP contribution in [-0.4, -0.2) is 59.0 Å². The molecule has 1 unspecified atom stereocenters. The van der Waals surface area contributed by atoms with E-state index in [2.05, 4.69) is 56.9 Å². The fourth-order valence-electron chi connectivity index (χ4n) is 3.85. The Morgan fingerprint density at radius 2 is 1.87 bits per heavy atom. The second kappa shape index (κ2) is 12.8. The highest BCUT2D eigenvalue weighted by Crippen LogP contribution is 2.30. The van der Waals surface area contributed by atoms with Gasteiger partial charge in [-0.15, -0.1) is 0 Å². The lowest BCUT2D eigenvalue weighted by atomic mass is 10.2. The number of hydrogen-bond acceptors (Lipinski definition) is 4. The highest BCUT2D eigenvalue weighted by atomic mass is 16.5. The summed E-state index contributed by atoms with van der Waals surface area (Å²) < 4.78 is 11.3. The Hall–Kier alpha value is -2.73. The normalized spacial score (nSPS) is 16.4. The summed E-state index contributed by atoms with van der Waals surface area (Å²) in [6.07, 6.45) is 4.16. The number of nitrogens with one attached hydrogen (secondary N) is 2. The lowest BCUT2D eigenvalue weighted by molar-refractivity contribution is 0.133. The maximum atomic E-state index is 5.76. The summed E-state index contributed by atoms with van der Waals surface area (Å²) in [6.45, 7) is 4.43. The fraction of sp³-hybridized carbons (Fsp3) is 0.480. The van der Waals surface area contributed by atoms with Gasteiger partial charge < -0.3 is 25.0 Å². The predicted molar refractivity (Wildman–Crippen MR) is 128 cm³/mol. The zero-order valence-electron chi connectivity index (χ0n) is 18.8. The smallest absolute Gasteiger partial charge is 0.191 e. The number of unbranched alkanes of at least 4 members (excludes halogenated alkanes) is 1. The Morgan fingerprint density at radius 3 is 2.68 bits per heavy atom. The Kier molecular flexibility index (Phi) is 9.51. The van der Waals surface area contributed by atoms with E-state index < -0.39 is 0 Å². The third-order valence-corrected chi connectivity index (χ3v) is 5.56. The van der Waals surface area contributed by atoms with Crippen molar-refractivity contribution in [2.75, 3.05) is 51.9 Å². The molecule has 0 amide bonds. The topological polar surface area (TPSA) is 58.1 Å². The Labute approximate surface area is 186 Å². The number of ether oxygens (including phenoxy) is 2. The number of benzene rings is 2. The molecule has 0 aliphatic carbocycles. The van der Waals surface area contributed by atoms with Crippen LogP contribution in [0, 0.1) is 0 Å². The lowest BCUT2D eigenvalue weighted by Crippen LogP contribution is -2.44. The third-order valence-electron chi connectivity index (χ3n) is 5.56. The van der Waals surface area contributed by atoms with Crippen molar-refractivity contribution in [2.45, 2.75) is 31.7 Å². The van der Waals surface area contributed by atoms with E-state index in [4.69, 9.17) is 9.47 Å². The van der Waals surface area contributed by atoms with E-state index in [0.29, 0.717) is 6.04 Å². The van der Waals surface area contributed by atoms with E-state index in [1.807, 2.05) is 25.2 Å². The minimum absolute atomic E-state index is 0.373. The van der Waals surface area contributed by atoms with Gasteiger partial charge in [-0.05, 0) is 43.4 Å². The molecule has 31 heavy (non-hydrogen) atoms. The molecule has 6 heteroatoms. The standard InChI is InChI=1S/C25H36N4O2/c1-26-25(27-16-8-9-18-31-19-15-21-10-4-3-5-11-21)28-22-14-17-29(20-22)23-12-6-7-13-24(23)30-2/h3-7,10-13,22H,8-9,14-20H2,1-2H3,(H2,26,27,28). The monoisotopic (exact) mass is 424 g/mol. The molecule has 168 valence electrons. The maximum absolute atomic E-state index is 5.76. The number of nitrogens with zero attached hydrogens (tertiary/aromatic N) is 2. The molecule has 1 atom stereocenters. The van der Waals surface area contributed by atoms with Crippen LogP contribution < -0.4 is 20.3 Å². The average Bonchev–Trinajstić information content (AvgIpc) is 3.29. The lowest BCUT2D eigenvalue weighted by Gasteiger charge is -2.22. The van der Waals surface area contributed by atoms with Gasteiger partial charge in [0.1, 0.15) is 5.75 Å². The molecular formula is C25H36N4O2. The number of anilines is 1. The van der Waals surface area contributed by atoms with Crippen molar-refractivity contribution in [2.24, 2.45) is 4.99 Å². The molecular weight excluding hydrogens is 388 g/mol. The van der Waals surface area contributed by atoms with Crippen LogP contribution in [0.1, 0.15) is 24.8 Å². The van der Waals surface area contributed by atoms with Gasteiger partial charge in [-0.2, -0.15) is 0 Å². The van der Waals surface area contributed by atoms with E-state index in [-0.39, 0.29) is 0 Å². The Balaban J connectivity index is 1.28. The first-order valence-electron chi connectivity index (χ1n) is 11.3. The van der Waals surface area contributed by atoms with E-state index in [0.717, 1.165) is 75.9 Å². The molecule has 1 fully saturated rings.